The van der Waals surface area contributed by atoms with E-state index in [0.29, 0.717) is 23.5 Å². The summed E-state index contributed by atoms with van der Waals surface area (Å²) in [6.45, 7) is 4.35. The van der Waals surface area contributed by atoms with Crippen LogP contribution in [0.4, 0.5) is 4.39 Å². The Morgan fingerprint density at radius 2 is 2.00 bits per heavy atom. The number of amides is 2. The highest BCUT2D eigenvalue weighted by atomic mass is 32.1. The lowest BCUT2D eigenvalue weighted by atomic mass is 10.1. The van der Waals surface area contributed by atoms with Crippen molar-refractivity contribution in [2.75, 3.05) is 45.9 Å². The largest absolute Gasteiger partial charge is 0.379 e. The first-order valence-electron chi connectivity index (χ1n) is 9.14. The molecule has 0 unspecified atom stereocenters. The van der Waals surface area contributed by atoms with Crippen LogP contribution in [0, 0.1) is 5.82 Å². The maximum atomic E-state index is 13.7. The van der Waals surface area contributed by atoms with Crippen molar-refractivity contribution in [3.63, 3.8) is 0 Å². The number of halogens is 1. The van der Waals surface area contributed by atoms with Crippen LogP contribution in [0.1, 0.15) is 21.1 Å². The molecule has 0 radical (unpaired) electrons. The molecule has 9 heteroatoms. The molecule has 2 aromatic rings. The van der Waals surface area contributed by atoms with Gasteiger partial charge in [-0.05, 0) is 11.6 Å². The third-order valence-corrected chi connectivity index (χ3v) is 5.20. The number of rotatable bonds is 8. The van der Waals surface area contributed by atoms with Crippen molar-refractivity contribution < 1.29 is 18.7 Å². The topological polar surface area (TPSA) is 83.6 Å². The van der Waals surface area contributed by atoms with Crippen LogP contribution in [0.25, 0.3) is 0 Å². The fraction of sp³-hybridized carbons (Fsp3) is 0.421. The number of hydrogen-bond acceptors (Lipinski definition) is 6. The molecule has 2 N–H and O–H groups in total. The number of nitrogens with zero attached hydrogens (tertiary/aromatic N) is 2. The molecular formula is C19H23FN4O3S. The van der Waals surface area contributed by atoms with Gasteiger partial charge in [-0.15, -0.1) is 11.3 Å². The zero-order valence-electron chi connectivity index (χ0n) is 15.4. The molecule has 1 aliphatic rings. The molecule has 2 amide bonds. The fourth-order valence-electron chi connectivity index (χ4n) is 2.79. The second kappa shape index (κ2) is 10.3. The summed E-state index contributed by atoms with van der Waals surface area (Å²) in [6, 6.07) is 6.48. The van der Waals surface area contributed by atoms with Crippen molar-refractivity contribution in [3.8, 4) is 0 Å². The van der Waals surface area contributed by atoms with Gasteiger partial charge < -0.3 is 15.4 Å². The van der Waals surface area contributed by atoms with Crippen LogP contribution in [0.3, 0.4) is 0 Å². The van der Waals surface area contributed by atoms with E-state index in [-0.39, 0.29) is 24.0 Å². The zero-order chi connectivity index (χ0) is 19.8. The number of morpholine rings is 1. The second-order valence-electron chi connectivity index (χ2n) is 6.38. The van der Waals surface area contributed by atoms with Crippen LogP contribution in [0.2, 0.25) is 0 Å². The molecule has 0 spiro atoms. The number of aromatic nitrogens is 1. The van der Waals surface area contributed by atoms with Crippen molar-refractivity contribution in [1.29, 1.82) is 0 Å². The third-order valence-electron chi connectivity index (χ3n) is 4.35. The van der Waals surface area contributed by atoms with E-state index in [1.165, 1.54) is 17.4 Å². The van der Waals surface area contributed by atoms with Gasteiger partial charge in [0.05, 0.1) is 24.8 Å². The van der Waals surface area contributed by atoms with Gasteiger partial charge in [-0.2, -0.15) is 0 Å². The highest BCUT2D eigenvalue weighted by Gasteiger charge is 2.14. The number of thiazole rings is 1. The minimum absolute atomic E-state index is 0.109. The average Bonchev–Trinajstić information content (AvgIpc) is 3.17. The van der Waals surface area contributed by atoms with Crippen molar-refractivity contribution in [2.24, 2.45) is 0 Å². The van der Waals surface area contributed by atoms with Gasteiger partial charge in [-0.3, -0.25) is 14.5 Å². The molecule has 1 aromatic carbocycles. The van der Waals surface area contributed by atoms with Crippen molar-refractivity contribution in [3.05, 3.63) is 51.7 Å². The van der Waals surface area contributed by atoms with Crippen molar-refractivity contribution in [2.45, 2.75) is 6.42 Å². The van der Waals surface area contributed by atoms with Crippen LogP contribution in [0.15, 0.2) is 29.6 Å². The van der Waals surface area contributed by atoms with Gasteiger partial charge in [-0.25, -0.2) is 9.37 Å². The molecule has 7 nitrogen and oxygen atoms in total. The predicted octanol–water partition coefficient (Wildman–Crippen LogP) is 1.05. The highest BCUT2D eigenvalue weighted by molar-refractivity contribution is 7.09. The van der Waals surface area contributed by atoms with Crippen LogP contribution in [-0.4, -0.2) is 67.6 Å². The number of benzene rings is 1. The fourth-order valence-corrected chi connectivity index (χ4v) is 3.59. The van der Waals surface area contributed by atoms with Gasteiger partial charge in [0, 0.05) is 38.0 Å². The predicted molar refractivity (Wildman–Crippen MR) is 104 cm³/mol. The van der Waals surface area contributed by atoms with E-state index < -0.39 is 5.91 Å². The summed E-state index contributed by atoms with van der Waals surface area (Å²) in [5, 5.41) is 7.60. The smallest absolute Gasteiger partial charge is 0.271 e. The van der Waals surface area contributed by atoms with E-state index in [0.717, 1.165) is 32.8 Å². The average molecular weight is 406 g/mol. The Labute approximate surface area is 166 Å². The Hall–Kier alpha value is -2.36. The minimum atomic E-state index is -0.417. The maximum absolute atomic E-state index is 13.7. The molecule has 150 valence electrons. The molecule has 2 heterocycles. The molecule has 1 saturated heterocycles. The first-order chi connectivity index (χ1) is 13.6. The molecule has 0 atom stereocenters. The van der Waals surface area contributed by atoms with Crippen LogP contribution in [0.5, 0.6) is 0 Å². The molecule has 0 aliphatic carbocycles. The molecule has 1 fully saturated rings. The van der Waals surface area contributed by atoms with E-state index in [1.807, 2.05) is 0 Å². The van der Waals surface area contributed by atoms with Crippen molar-refractivity contribution in [1.82, 2.24) is 20.5 Å². The van der Waals surface area contributed by atoms with E-state index in [4.69, 9.17) is 4.74 Å². The lowest BCUT2D eigenvalue weighted by molar-refractivity contribution is -0.120. The quantitative estimate of drug-likeness (QED) is 0.685. The molecular weight excluding hydrogens is 383 g/mol. The number of hydrogen-bond donors (Lipinski definition) is 2. The third kappa shape index (κ3) is 6.08. The van der Waals surface area contributed by atoms with Gasteiger partial charge in [0.25, 0.3) is 5.91 Å². The summed E-state index contributed by atoms with van der Waals surface area (Å²) in [5.41, 5.74) is 0.765. The summed E-state index contributed by atoms with van der Waals surface area (Å²) < 4.78 is 19.0. The molecule has 0 saturated carbocycles. The summed E-state index contributed by atoms with van der Waals surface area (Å²) in [7, 11) is 0. The monoisotopic (exact) mass is 406 g/mol. The Balaban J connectivity index is 1.39. The van der Waals surface area contributed by atoms with Crippen molar-refractivity contribution >= 4 is 23.2 Å². The highest BCUT2D eigenvalue weighted by Crippen LogP contribution is 2.17. The molecule has 1 aliphatic heterocycles. The van der Waals surface area contributed by atoms with E-state index in [2.05, 4.69) is 20.5 Å². The van der Waals surface area contributed by atoms with Gasteiger partial charge in [0.2, 0.25) is 5.91 Å². The van der Waals surface area contributed by atoms with Crippen LogP contribution in [-0.2, 0) is 16.0 Å². The van der Waals surface area contributed by atoms with Gasteiger partial charge >= 0.3 is 0 Å². The first-order valence-corrected chi connectivity index (χ1v) is 10.0. The zero-order valence-corrected chi connectivity index (χ0v) is 16.3. The lowest BCUT2D eigenvalue weighted by Crippen LogP contribution is -2.43. The number of carbonyl (C=O) groups is 2. The first kappa shape index (κ1) is 20.4. The number of ether oxygens (including phenoxy) is 1. The lowest BCUT2D eigenvalue weighted by Gasteiger charge is -2.26. The normalized spacial score (nSPS) is 14.6. The summed E-state index contributed by atoms with van der Waals surface area (Å²) in [4.78, 5) is 30.5. The number of carbonyl (C=O) groups excluding carboxylic acids is 2. The second-order valence-corrected chi connectivity index (χ2v) is 7.32. The van der Waals surface area contributed by atoms with E-state index >= 15 is 0 Å². The Kier molecular flexibility index (Phi) is 7.46. The summed E-state index contributed by atoms with van der Waals surface area (Å²) in [6.07, 6.45) is 0.326. The Morgan fingerprint density at radius 3 is 2.79 bits per heavy atom. The Morgan fingerprint density at radius 1 is 1.21 bits per heavy atom. The minimum Gasteiger partial charge on any atom is -0.379 e. The molecule has 0 bridgehead atoms. The van der Waals surface area contributed by atoms with Gasteiger partial charge in [-0.1, -0.05) is 18.2 Å². The SMILES string of the molecule is O=C(CNC(=O)c1csc(Cc2ccccc2F)n1)NCCN1CCOCC1. The maximum Gasteiger partial charge on any atom is 0.271 e. The molecule has 28 heavy (non-hydrogen) atoms. The van der Waals surface area contributed by atoms with E-state index in [1.54, 1.807) is 23.6 Å². The molecule has 3 rings (SSSR count). The van der Waals surface area contributed by atoms with Gasteiger partial charge in [0.1, 0.15) is 11.5 Å². The summed E-state index contributed by atoms with van der Waals surface area (Å²) >= 11 is 1.29. The number of nitrogens with one attached hydrogen (secondary N) is 2. The standard InChI is InChI=1S/C19H23FN4O3S/c20-15-4-2-1-3-14(15)11-18-23-16(13-28-18)19(26)22-12-17(25)21-5-6-24-7-9-27-10-8-24/h1-4,13H,5-12H2,(H,21,25)(H,22,26). The van der Waals surface area contributed by atoms with E-state index in [9.17, 15) is 14.0 Å². The Bertz CT molecular complexity index is 808. The van der Waals surface area contributed by atoms with Crippen LogP contribution < -0.4 is 10.6 Å². The summed E-state index contributed by atoms with van der Waals surface area (Å²) in [5.74, 6) is -0.958. The van der Waals surface area contributed by atoms with Gasteiger partial charge in [0.15, 0.2) is 0 Å². The molecule has 1 aromatic heterocycles. The van der Waals surface area contributed by atoms with Crippen LogP contribution >= 0.6 is 11.3 Å².